The molecule has 1 aliphatic heterocycles. The number of aryl methyl sites for hydroxylation is 2. The molecule has 4 rings (SSSR count). The molecule has 0 saturated carbocycles. The quantitative estimate of drug-likeness (QED) is 0.658. The molecule has 3 aromatic rings. The van der Waals surface area contributed by atoms with Crippen LogP contribution in [0.1, 0.15) is 44.8 Å². The number of carbonyl (C=O) groups excluding carboxylic acids is 1. The Hall–Kier alpha value is -2.80. The Morgan fingerprint density at radius 3 is 2.75 bits per heavy atom. The summed E-state index contributed by atoms with van der Waals surface area (Å²) < 4.78 is 5.81. The first-order valence-corrected chi connectivity index (χ1v) is 10.2. The van der Waals surface area contributed by atoms with Crippen molar-refractivity contribution in [1.82, 2.24) is 19.9 Å². The molecule has 7 heteroatoms. The van der Waals surface area contributed by atoms with Crippen molar-refractivity contribution in [2.75, 3.05) is 13.1 Å². The van der Waals surface area contributed by atoms with Gasteiger partial charge in [-0.25, -0.2) is 9.97 Å². The van der Waals surface area contributed by atoms with Crippen LogP contribution in [-0.2, 0) is 0 Å². The zero-order valence-corrected chi connectivity index (χ0v) is 16.8. The van der Waals surface area contributed by atoms with Crippen molar-refractivity contribution in [3.63, 3.8) is 0 Å². The summed E-state index contributed by atoms with van der Waals surface area (Å²) in [5.41, 5.74) is 1.68. The van der Waals surface area contributed by atoms with Gasteiger partial charge in [0.2, 0.25) is 5.88 Å². The third-order valence-electron chi connectivity index (χ3n) is 4.82. The lowest BCUT2D eigenvalue weighted by Gasteiger charge is -2.32. The number of hydrogen-bond donors (Lipinski definition) is 0. The minimum absolute atomic E-state index is 0.0671. The van der Waals surface area contributed by atoms with E-state index in [0.717, 1.165) is 46.4 Å². The lowest BCUT2D eigenvalue weighted by atomic mass is 9.95. The Morgan fingerprint density at radius 2 is 2.00 bits per heavy atom. The van der Waals surface area contributed by atoms with Crippen LogP contribution in [0.4, 0.5) is 0 Å². The van der Waals surface area contributed by atoms with Gasteiger partial charge in [-0.3, -0.25) is 9.78 Å². The molecule has 0 aliphatic carbocycles. The average Bonchev–Trinajstić information content (AvgIpc) is 3.06. The van der Waals surface area contributed by atoms with Gasteiger partial charge >= 0.3 is 0 Å². The Kier molecular flexibility index (Phi) is 5.34. The maximum Gasteiger partial charge on any atom is 0.265 e. The minimum atomic E-state index is 0.0671. The number of likely N-dealkylation sites (tertiary alicyclic amines) is 1. The molecule has 1 aliphatic rings. The van der Waals surface area contributed by atoms with E-state index in [2.05, 4.69) is 15.0 Å². The number of piperidine rings is 1. The molecule has 1 amide bonds. The molecule has 144 valence electrons. The van der Waals surface area contributed by atoms with E-state index >= 15 is 0 Å². The zero-order chi connectivity index (χ0) is 19.5. The Morgan fingerprint density at radius 1 is 1.18 bits per heavy atom. The van der Waals surface area contributed by atoms with Crippen molar-refractivity contribution in [3.05, 3.63) is 64.0 Å². The third-order valence-corrected chi connectivity index (χ3v) is 5.88. The molecule has 6 nitrogen and oxygen atoms in total. The van der Waals surface area contributed by atoms with E-state index in [1.807, 2.05) is 49.1 Å². The number of hydrogen-bond acceptors (Lipinski definition) is 6. The van der Waals surface area contributed by atoms with Crippen LogP contribution in [0.2, 0.25) is 0 Å². The van der Waals surface area contributed by atoms with Crippen molar-refractivity contribution in [2.45, 2.75) is 32.6 Å². The van der Waals surface area contributed by atoms with Crippen molar-refractivity contribution in [2.24, 2.45) is 0 Å². The van der Waals surface area contributed by atoms with E-state index in [4.69, 9.17) is 4.74 Å². The maximum atomic E-state index is 13.0. The summed E-state index contributed by atoms with van der Waals surface area (Å²) in [6.45, 7) is 5.23. The largest absolute Gasteiger partial charge is 0.437 e. The van der Waals surface area contributed by atoms with Gasteiger partial charge in [0.25, 0.3) is 5.91 Å². The number of para-hydroxylation sites is 1. The molecule has 0 unspecified atom stereocenters. The highest BCUT2D eigenvalue weighted by Gasteiger charge is 2.28. The van der Waals surface area contributed by atoms with E-state index in [1.165, 1.54) is 11.3 Å². The van der Waals surface area contributed by atoms with Crippen molar-refractivity contribution in [3.8, 4) is 11.6 Å². The van der Waals surface area contributed by atoms with Gasteiger partial charge in [-0.15, -0.1) is 11.3 Å². The molecule has 28 heavy (non-hydrogen) atoms. The van der Waals surface area contributed by atoms with Gasteiger partial charge in [-0.1, -0.05) is 18.2 Å². The van der Waals surface area contributed by atoms with E-state index in [9.17, 15) is 4.79 Å². The number of carbonyl (C=O) groups is 1. The van der Waals surface area contributed by atoms with E-state index in [0.29, 0.717) is 12.4 Å². The Bertz CT molecular complexity index is 974. The number of benzene rings is 1. The van der Waals surface area contributed by atoms with Crippen LogP contribution >= 0.6 is 11.3 Å². The number of thiazole rings is 1. The Labute approximate surface area is 168 Å². The van der Waals surface area contributed by atoms with Crippen LogP contribution in [0.5, 0.6) is 11.6 Å². The van der Waals surface area contributed by atoms with E-state index in [1.54, 1.807) is 12.4 Å². The SMILES string of the molecule is Cc1nc(C)c(C(=O)N2CCC[C@@H](c3cncc(Oc4ccccc4)n3)C2)s1. The van der Waals surface area contributed by atoms with Gasteiger partial charge in [0.05, 0.1) is 22.6 Å². The summed E-state index contributed by atoms with van der Waals surface area (Å²) in [5, 5.41) is 0.922. The highest BCUT2D eigenvalue weighted by Crippen LogP contribution is 2.29. The zero-order valence-electron chi connectivity index (χ0n) is 16.0. The fourth-order valence-corrected chi connectivity index (χ4v) is 4.38. The van der Waals surface area contributed by atoms with Crippen LogP contribution in [-0.4, -0.2) is 38.8 Å². The second-order valence-corrected chi connectivity index (χ2v) is 8.14. The number of aromatic nitrogens is 3. The number of rotatable bonds is 4. The maximum absolute atomic E-state index is 13.0. The smallest absolute Gasteiger partial charge is 0.265 e. The van der Waals surface area contributed by atoms with Crippen LogP contribution in [0, 0.1) is 13.8 Å². The first-order valence-electron chi connectivity index (χ1n) is 9.38. The minimum Gasteiger partial charge on any atom is -0.437 e. The summed E-state index contributed by atoms with van der Waals surface area (Å²) >= 11 is 1.47. The first kappa shape index (κ1) is 18.6. The van der Waals surface area contributed by atoms with Crippen LogP contribution in [0.15, 0.2) is 42.7 Å². The first-order chi connectivity index (χ1) is 13.6. The molecular weight excluding hydrogens is 372 g/mol. The summed E-state index contributed by atoms with van der Waals surface area (Å²) in [7, 11) is 0. The molecule has 2 aromatic heterocycles. The highest BCUT2D eigenvalue weighted by molar-refractivity contribution is 7.13. The van der Waals surface area contributed by atoms with Gasteiger partial charge in [0.1, 0.15) is 10.6 Å². The van der Waals surface area contributed by atoms with Crippen LogP contribution in [0.25, 0.3) is 0 Å². The van der Waals surface area contributed by atoms with Gasteiger partial charge in [-0.2, -0.15) is 0 Å². The molecular formula is C21H22N4O2S. The fraction of sp³-hybridized carbons (Fsp3) is 0.333. The van der Waals surface area contributed by atoms with Gasteiger partial charge < -0.3 is 9.64 Å². The predicted octanol–water partition coefficient (Wildman–Crippen LogP) is 4.36. The predicted molar refractivity (Wildman–Crippen MR) is 108 cm³/mol. The van der Waals surface area contributed by atoms with Gasteiger partial charge in [0, 0.05) is 25.2 Å². The van der Waals surface area contributed by atoms with Crippen molar-refractivity contribution >= 4 is 17.2 Å². The highest BCUT2D eigenvalue weighted by atomic mass is 32.1. The molecule has 0 radical (unpaired) electrons. The topological polar surface area (TPSA) is 68.2 Å². The summed E-state index contributed by atoms with van der Waals surface area (Å²) in [6, 6.07) is 9.54. The molecule has 3 heterocycles. The Balaban J connectivity index is 1.49. The molecule has 0 bridgehead atoms. The lowest BCUT2D eigenvalue weighted by molar-refractivity contribution is 0.0709. The average molecular weight is 395 g/mol. The monoisotopic (exact) mass is 394 g/mol. The second kappa shape index (κ2) is 8.06. The number of ether oxygens (including phenoxy) is 1. The third kappa shape index (κ3) is 4.04. The van der Waals surface area contributed by atoms with Gasteiger partial charge in [-0.05, 0) is 38.8 Å². The molecule has 1 aromatic carbocycles. The summed E-state index contributed by atoms with van der Waals surface area (Å²) in [6.07, 6.45) is 5.32. The number of nitrogens with zero attached hydrogens (tertiary/aromatic N) is 4. The van der Waals surface area contributed by atoms with E-state index in [-0.39, 0.29) is 11.8 Å². The van der Waals surface area contributed by atoms with Crippen molar-refractivity contribution < 1.29 is 9.53 Å². The van der Waals surface area contributed by atoms with Crippen LogP contribution in [0.3, 0.4) is 0 Å². The number of amides is 1. The lowest BCUT2D eigenvalue weighted by Crippen LogP contribution is -2.39. The molecule has 1 fully saturated rings. The normalized spacial score (nSPS) is 16.8. The van der Waals surface area contributed by atoms with Gasteiger partial charge in [0.15, 0.2) is 0 Å². The molecule has 1 saturated heterocycles. The van der Waals surface area contributed by atoms with E-state index < -0.39 is 0 Å². The molecule has 0 spiro atoms. The summed E-state index contributed by atoms with van der Waals surface area (Å²) in [5.74, 6) is 1.42. The van der Waals surface area contributed by atoms with Crippen molar-refractivity contribution in [1.29, 1.82) is 0 Å². The standard InChI is InChI=1S/C21H22N4O2S/c1-14-20(28-15(2)23-14)21(26)25-10-6-7-16(13-25)18-11-22-12-19(24-18)27-17-8-4-3-5-9-17/h3-5,8-9,11-12,16H,6-7,10,13H2,1-2H3/t16-/m1/s1. The second-order valence-electron chi connectivity index (χ2n) is 6.94. The molecule has 1 atom stereocenters. The van der Waals surface area contributed by atoms with Crippen LogP contribution < -0.4 is 4.74 Å². The fourth-order valence-electron chi connectivity index (χ4n) is 3.49. The molecule has 0 N–H and O–H groups in total. The summed E-state index contributed by atoms with van der Waals surface area (Å²) in [4.78, 5) is 29.0.